The van der Waals surface area contributed by atoms with Crippen LogP contribution in [0.15, 0.2) is 48.5 Å². The van der Waals surface area contributed by atoms with Gasteiger partial charge in [0.2, 0.25) is 0 Å². The van der Waals surface area contributed by atoms with Crippen molar-refractivity contribution in [2.45, 2.75) is 26.4 Å². The van der Waals surface area contributed by atoms with Gasteiger partial charge in [-0.2, -0.15) is 0 Å². The maximum atomic E-state index is 10.2. The summed E-state index contributed by atoms with van der Waals surface area (Å²) in [6.45, 7) is 4.85. The molecule has 1 unspecified atom stereocenters. The van der Waals surface area contributed by atoms with Crippen molar-refractivity contribution in [3.05, 3.63) is 65.2 Å². The number of aryl methyl sites for hydroxylation is 2. The van der Waals surface area contributed by atoms with Crippen molar-refractivity contribution < 1.29 is 5.11 Å². The first-order valence-corrected chi connectivity index (χ1v) is 7.06. The van der Waals surface area contributed by atoms with Gasteiger partial charge in [-0.3, -0.25) is 0 Å². The summed E-state index contributed by atoms with van der Waals surface area (Å²) >= 11 is 0. The molecule has 0 amide bonds. The van der Waals surface area contributed by atoms with Crippen LogP contribution in [0.5, 0.6) is 0 Å². The maximum absolute atomic E-state index is 10.2. The summed E-state index contributed by atoms with van der Waals surface area (Å²) in [5.41, 5.74) is 4.88. The molecule has 2 heteroatoms. The van der Waals surface area contributed by atoms with E-state index in [1.165, 1.54) is 22.4 Å². The summed E-state index contributed by atoms with van der Waals surface area (Å²) in [5.74, 6) is 0. The predicted octanol–water partition coefficient (Wildman–Crippen LogP) is 3.34. The SMILES string of the molecule is Cc1ccc(N(C)CC(O)Cc2ccccc2)c(C)c1. The van der Waals surface area contributed by atoms with Gasteiger partial charge in [0.15, 0.2) is 0 Å². The molecule has 0 bridgehead atoms. The number of aliphatic hydroxyl groups excluding tert-OH is 1. The van der Waals surface area contributed by atoms with Gasteiger partial charge in [-0.15, -0.1) is 0 Å². The third-order valence-corrected chi connectivity index (χ3v) is 3.56. The van der Waals surface area contributed by atoms with Crippen molar-refractivity contribution >= 4 is 5.69 Å². The number of nitrogens with zero attached hydrogens (tertiary/aromatic N) is 1. The van der Waals surface area contributed by atoms with Crippen molar-refractivity contribution in [3.63, 3.8) is 0 Å². The molecule has 0 fully saturated rings. The molecule has 2 rings (SSSR count). The van der Waals surface area contributed by atoms with Crippen LogP contribution in [0.4, 0.5) is 5.69 Å². The highest BCUT2D eigenvalue weighted by Gasteiger charge is 2.11. The smallest absolute Gasteiger partial charge is 0.0755 e. The molecule has 0 heterocycles. The van der Waals surface area contributed by atoms with Crippen molar-refractivity contribution in [1.82, 2.24) is 0 Å². The van der Waals surface area contributed by atoms with E-state index in [0.717, 1.165) is 0 Å². The van der Waals surface area contributed by atoms with Gasteiger partial charge in [0.05, 0.1) is 6.10 Å². The van der Waals surface area contributed by atoms with E-state index in [1.54, 1.807) is 0 Å². The number of likely N-dealkylation sites (N-methyl/N-ethyl adjacent to an activating group) is 1. The fourth-order valence-corrected chi connectivity index (χ4v) is 2.60. The minimum Gasteiger partial charge on any atom is -0.391 e. The van der Waals surface area contributed by atoms with E-state index < -0.39 is 0 Å². The quantitative estimate of drug-likeness (QED) is 0.900. The van der Waals surface area contributed by atoms with Crippen LogP contribution < -0.4 is 4.90 Å². The van der Waals surface area contributed by atoms with Crippen LogP contribution in [0.3, 0.4) is 0 Å². The second-order valence-electron chi connectivity index (χ2n) is 5.51. The van der Waals surface area contributed by atoms with E-state index in [4.69, 9.17) is 0 Å². The second-order valence-corrected chi connectivity index (χ2v) is 5.51. The molecule has 0 saturated carbocycles. The summed E-state index contributed by atoms with van der Waals surface area (Å²) in [5, 5.41) is 10.2. The van der Waals surface area contributed by atoms with Crippen molar-refractivity contribution in [2.75, 3.05) is 18.5 Å². The molecule has 0 aliphatic heterocycles. The Kier molecular flexibility index (Phi) is 4.80. The van der Waals surface area contributed by atoms with Gasteiger partial charge >= 0.3 is 0 Å². The number of rotatable bonds is 5. The van der Waals surface area contributed by atoms with E-state index in [0.29, 0.717) is 13.0 Å². The molecule has 0 spiro atoms. The normalized spacial score (nSPS) is 12.2. The Labute approximate surface area is 121 Å². The first-order chi connectivity index (χ1) is 9.56. The van der Waals surface area contributed by atoms with E-state index in [-0.39, 0.29) is 6.10 Å². The lowest BCUT2D eigenvalue weighted by atomic mass is 10.1. The third-order valence-electron chi connectivity index (χ3n) is 3.56. The molecular formula is C18H23NO. The Hall–Kier alpha value is -1.80. The van der Waals surface area contributed by atoms with E-state index >= 15 is 0 Å². The van der Waals surface area contributed by atoms with Crippen LogP contribution in [0.25, 0.3) is 0 Å². The fourth-order valence-electron chi connectivity index (χ4n) is 2.60. The molecule has 0 radical (unpaired) electrons. The highest BCUT2D eigenvalue weighted by atomic mass is 16.3. The summed E-state index contributed by atoms with van der Waals surface area (Å²) in [6, 6.07) is 16.5. The van der Waals surface area contributed by atoms with Crippen LogP contribution in [-0.2, 0) is 6.42 Å². The van der Waals surface area contributed by atoms with Crippen molar-refractivity contribution in [1.29, 1.82) is 0 Å². The average molecular weight is 269 g/mol. The lowest BCUT2D eigenvalue weighted by Gasteiger charge is -2.24. The van der Waals surface area contributed by atoms with Crippen molar-refractivity contribution in [3.8, 4) is 0 Å². The first-order valence-electron chi connectivity index (χ1n) is 7.06. The topological polar surface area (TPSA) is 23.5 Å². The summed E-state index contributed by atoms with van der Waals surface area (Å²) in [7, 11) is 2.03. The molecule has 2 aromatic rings. The monoisotopic (exact) mass is 269 g/mol. The molecule has 0 saturated heterocycles. The lowest BCUT2D eigenvalue weighted by molar-refractivity contribution is 0.181. The van der Waals surface area contributed by atoms with Gasteiger partial charge in [0.1, 0.15) is 0 Å². The molecule has 2 aromatic carbocycles. The third kappa shape index (κ3) is 3.84. The van der Waals surface area contributed by atoms with Gasteiger partial charge in [0.25, 0.3) is 0 Å². The zero-order valence-corrected chi connectivity index (χ0v) is 12.5. The Bertz CT molecular complexity index is 551. The molecule has 0 aliphatic carbocycles. The Morgan fingerprint density at radius 1 is 1.05 bits per heavy atom. The Morgan fingerprint density at radius 2 is 1.75 bits per heavy atom. The summed E-state index contributed by atoms with van der Waals surface area (Å²) in [4.78, 5) is 2.13. The fraction of sp³-hybridized carbons (Fsp3) is 0.333. The van der Waals surface area contributed by atoms with Gasteiger partial charge in [-0.05, 0) is 31.0 Å². The number of anilines is 1. The lowest BCUT2D eigenvalue weighted by Crippen LogP contribution is -2.30. The minimum absolute atomic E-state index is 0.358. The van der Waals surface area contributed by atoms with Gasteiger partial charge < -0.3 is 10.0 Å². The summed E-state index contributed by atoms with van der Waals surface area (Å²) in [6.07, 6.45) is 0.332. The molecule has 1 atom stereocenters. The largest absolute Gasteiger partial charge is 0.391 e. The molecule has 0 aromatic heterocycles. The molecule has 0 aliphatic rings. The standard InChI is InChI=1S/C18H23NO/c1-14-9-10-18(15(2)11-14)19(3)13-17(20)12-16-7-5-4-6-8-16/h4-11,17,20H,12-13H2,1-3H3. The highest BCUT2D eigenvalue weighted by molar-refractivity contribution is 5.53. The highest BCUT2D eigenvalue weighted by Crippen LogP contribution is 2.20. The van der Waals surface area contributed by atoms with Crippen LogP contribution in [0, 0.1) is 13.8 Å². The average Bonchev–Trinajstić information content (AvgIpc) is 2.39. The zero-order valence-electron chi connectivity index (χ0n) is 12.5. The van der Waals surface area contributed by atoms with E-state index in [2.05, 4.69) is 49.1 Å². The predicted molar refractivity (Wildman–Crippen MR) is 85.3 cm³/mol. The minimum atomic E-state index is -0.358. The molecule has 1 N–H and O–H groups in total. The molecule has 2 nitrogen and oxygen atoms in total. The van der Waals surface area contributed by atoms with Crippen LogP contribution in [-0.4, -0.2) is 24.8 Å². The van der Waals surface area contributed by atoms with E-state index in [9.17, 15) is 5.11 Å². The van der Waals surface area contributed by atoms with Crippen LogP contribution >= 0.6 is 0 Å². The van der Waals surface area contributed by atoms with Gasteiger partial charge in [0, 0.05) is 25.7 Å². The van der Waals surface area contributed by atoms with E-state index in [1.807, 2.05) is 25.2 Å². The number of hydrogen-bond donors (Lipinski definition) is 1. The number of aliphatic hydroxyl groups is 1. The first kappa shape index (κ1) is 14.6. The van der Waals surface area contributed by atoms with Crippen LogP contribution in [0.1, 0.15) is 16.7 Å². The molecule has 106 valence electrons. The van der Waals surface area contributed by atoms with Gasteiger partial charge in [-0.1, -0.05) is 48.0 Å². The van der Waals surface area contributed by atoms with Crippen molar-refractivity contribution in [2.24, 2.45) is 0 Å². The van der Waals surface area contributed by atoms with Gasteiger partial charge in [-0.25, -0.2) is 0 Å². The summed E-state index contributed by atoms with van der Waals surface area (Å²) < 4.78 is 0. The Morgan fingerprint density at radius 3 is 2.40 bits per heavy atom. The Balaban J connectivity index is 1.98. The number of benzene rings is 2. The zero-order chi connectivity index (χ0) is 14.5. The molecular weight excluding hydrogens is 246 g/mol. The maximum Gasteiger partial charge on any atom is 0.0755 e. The van der Waals surface area contributed by atoms with Crippen LogP contribution in [0.2, 0.25) is 0 Å². The second kappa shape index (κ2) is 6.58. The molecule has 20 heavy (non-hydrogen) atoms. The number of hydrogen-bond acceptors (Lipinski definition) is 2.